The number of aromatic nitrogens is 2. The number of primary amides is 1. The Labute approximate surface area is 216 Å². The summed E-state index contributed by atoms with van der Waals surface area (Å²) in [5.74, 6) is 1.92. The van der Waals surface area contributed by atoms with Crippen LogP contribution in [0.2, 0.25) is 0 Å². The first-order valence-electron chi connectivity index (χ1n) is 9.53. The molecule has 9 nitrogen and oxygen atoms in total. The second-order valence-corrected chi connectivity index (χ2v) is 8.00. The van der Waals surface area contributed by atoms with Crippen molar-refractivity contribution in [3.63, 3.8) is 0 Å². The van der Waals surface area contributed by atoms with Crippen LogP contribution in [-0.2, 0) is 24.9 Å². The zero-order chi connectivity index (χ0) is 23.3. The van der Waals surface area contributed by atoms with Crippen molar-refractivity contribution < 1.29 is 53.4 Å². The molecule has 2 N–H and O–H groups in total. The summed E-state index contributed by atoms with van der Waals surface area (Å²) in [4.78, 5) is 39.3. The number of fused-ring (bicyclic) bond motifs is 1. The fraction of sp³-hybridized carbons (Fsp3) is 0.273. The summed E-state index contributed by atoms with van der Waals surface area (Å²) in [5, 5.41) is -0.873. The molecule has 1 aromatic heterocycles. The zero-order valence-electron chi connectivity index (χ0n) is 18.8. The predicted molar refractivity (Wildman–Crippen MR) is 121 cm³/mol. The van der Waals surface area contributed by atoms with Crippen molar-refractivity contribution in [1.29, 1.82) is 0 Å². The van der Waals surface area contributed by atoms with Crippen molar-refractivity contribution in [3.8, 4) is 17.2 Å². The summed E-state index contributed by atoms with van der Waals surface area (Å²) in [6, 6.07) is 10.3. The number of amides is 1. The van der Waals surface area contributed by atoms with Crippen LogP contribution in [-0.4, -0.2) is 40.5 Å². The van der Waals surface area contributed by atoms with Gasteiger partial charge in [-0.3, -0.25) is 20.4 Å². The van der Waals surface area contributed by atoms with E-state index in [2.05, 4.69) is 4.98 Å². The number of hydrogen-bond donors (Lipinski definition) is 1. The van der Waals surface area contributed by atoms with Gasteiger partial charge < -0.3 is 24.7 Å². The van der Waals surface area contributed by atoms with Crippen molar-refractivity contribution in [2.75, 3.05) is 14.2 Å². The second kappa shape index (κ2) is 12.1. The molecular formula is C22H22N3NaO6S. The molecule has 2 aromatic carbocycles. The van der Waals surface area contributed by atoms with Crippen LogP contribution < -0.4 is 55.1 Å². The van der Waals surface area contributed by atoms with E-state index in [9.17, 15) is 14.4 Å². The standard InChI is InChI=1S/C22H22N3O6S.Na/c1-25-20(24-17-10-19(30-3)18(29-2)9-16(17)21(25)27)12-31-14-6-4-13(5-7-14)8-15(11-26)32-22(23)28;/h4-7,9-10,15H,8,12H2,1-3H3,(H2,23,28);/q-1;+1. The molecule has 0 radical (unpaired) electrons. The summed E-state index contributed by atoms with van der Waals surface area (Å²) >= 11 is 0.741. The maximum absolute atomic E-state index is 12.8. The van der Waals surface area contributed by atoms with E-state index < -0.39 is 10.5 Å². The average Bonchev–Trinajstić information content (AvgIpc) is 2.79. The van der Waals surface area contributed by atoms with Gasteiger partial charge in [0.2, 0.25) is 0 Å². The maximum atomic E-state index is 12.8. The molecule has 0 saturated carbocycles. The van der Waals surface area contributed by atoms with E-state index >= 15 is 0 Å². The number of nitrogens with two attached hydrogens (primary N) is 1. The molecule has 0 spiro atoms. The molecule has 0 saturated heterocycles. The van der Waals surface area contributed by atoms with Crippen molar-refractivity contribution >= 4 is 34.2 Å². The molecule has 1 heterocycles. The van der Waals surface area contributed by atoms with Crippen LogP contribution in [0.1, 0.15) is 11.4 Å². The summed E-state index contributed by atoms with van der Waals surface area (Å²) in [6.45, 7) is 0.0671. The van der Waals surface area contributed by atoms with Crippen LogP contribution >= 0.6 is 11.8 Å². The van der Waals surface area contributed by atoms with Gasteiger partial charge in [-0.2, -0.15) is 0 Å². The van der Waals surface area contributed by atoms with Crippen LogP contribution in [0.3, 0.4) is 0 Å². The van der Waals surface area contributed by atoms with Gasteiger partial charge in [0.05, 0.1) is 25.1 Å². The number of carbonyl (C=O) groups excluding carboxylic acids is 2. The number of thioether (sulfide) groups is 1. The van der Waals surface area contributed by atoms with Gasteiger partial charge in [-0.15, -0.1) is 0 Å². The van der Waals surface area contributed by atoms with Crippen molar-refractivity contribution in [3.05, 3.63) is 58.1 Å². The average molecular weight is 479 g/mol. The van der Waals surface area contributed by atoms with E-state index in [1.165, 1.54) is 18.8 Å². The Hall–Kier alpha value is -2.53. The van der Waals surface area contributed by atoms with Crippen LogP contribution in [0.4, 0.5) is 4.79 Å². The molecule has 168 valence electrons. The van der Waals surface area contributed by atoms with Crippen LogP contribution in [0.25, 0.3) is 10.9 Å². The molecule has 0 aliphatic carbocycles. The minimum atomic E-state index is -0.661. The third kappa shape index (κ3) is 6.50. The molecule has 1 amide bonds. The number of rotatable bonds is 9. The van der Waals surface area contributed by atoms with Gasteiger partial charge in [0.1, 0.15) is 18.2 Å². The van der Waals surface area contributed by atoms with Crippen LogP contribution in [0, 0.1) is 0 Å². The molecule has 0 aliphatic heterocycles. The molecular weight excluding hydrogens is 457 g/mol. The van der Waals surface area contributed by atoms with Gasteiger partial charge in [0, 0.05) is 13.1 Å². The maximum Gasteiger partial charge on any atom is 1.00 e. The molecule has 1 unspecified atom stereocenters. The molecule has 3 aromatic rings. The molecule has 0 bridgehead atoms. The van der Waals surface area contributed by atoms with Gasteiger partial charge in [-0.1, -0.05) is 29.1 Å². The summed E-state index contributed by atoms with van der Waals surface area (Å²) in [5.41, 5.74) is 6.19. The molecule has 3 rings (SSSR count). The van der Waals surface area contributed by atoms with Gasteiger partial charge in [-0.05, 0) is 30.2 Å². The molecule has 11 heteroatoms. The number of nitrogens with zero attached hydrogens (tertiary/aromatic N) is 2. The van der Waals surface area contributed by atoms with Crippen LogP contribution in [0.5, 0.6) is 17.2 Å². The first kappa shape index (κ1) is 26.7. The Kier molecular flexibility index (Phi) is 9.78. The Morgan fingerprint density at radius 3 is 2.39 bits per heavy atom. The summed E-state index contributed by atoms with van der Waals surface area (Å²) < 4.78 is 17.8. The van der Waals surface area contributed by atoms with E-state index in [-0.39, 0.29) is 41.7 Å². The Morgan fingerprint density at radius 2 is 1.82 bits per heavy atom. The van der Waals surface area contributed by atoms with E-state index in [1.807, 2.05) is 6.29 Å². The topological polar surface area (TPSA) is 123 Å². The van der Waals surface area contributed by atoms with E-state index in [4.69, 9.17) is 19.9 Å². The van der Waals surface area contributed by atoms with Gasteiger partial charge in [-0.25, -0.2) is 4.98 Å². The molecule has 0 fully saturated rings. The van der Waals surface area contributed by atoms with Crippen molar-refractivity contribution in [1.82, 2.24) is 9.55 Å². The normalized spacial score (nSPS) is 11.4. The van der Waals surface area contributed by atoms with E-state index in [0.29, 0.717) is 40.4 Å². The van der Waals surface area contributed by atoms with Gasteiger partial charge in [0.25, 0.3) is 10.8 Å². The minimum Gasteiger partial charge on any atom is -0.541 e. The first-order valence-corrected chi connectivity index (χ1v) is 10.4. The van der Waals surface area contributed by atoms with Crippen LogP contribution in [0.15, 0.2) is 41.2 Å². The second-order valence-electron chi connectivity index (χ2n) is 6.80. The number of benzene rings is 2. The number of ether oxygens (including phenoxy) is 3. The quantitative estimate of drug-likeness (QED) is 0.318. The third-order valence-corrected chi connectivity index (χ3v) is 5.56. The summed E-state index contributed by atoms with van der Waals surface area (Å²) in [7, 11) is 4.64. The third-order valence-electron chi connectivity index (χ3n) is 4.78. The fourth-order valence-corrected chi connectivity index (χ4v) is 3.71. The number of hydrogen-bond acceptors (Lipinski definition) is 8. The van der Waals surface area contributed by atoms with Crippen molar-refractivity contribution in [2.45, 2.75) is 18.3 Å². The first-order chi connectivity index (χ1) is 15.4. The van der Waals surface area contributed by atoms with E-state index in [1.54, 1.807) is 43.4 Å². The Morgan fingerprint density at radius 1 is 1.18 bits per heavy atom. The largest absolute Gasteiger partial charge is 1.00 e. The van der Waals surface area contributed by atoms with Gasteiger partial charge >= 0.3 is 29.6 Å². The minimum absolute atomic E-state index is 0. The molecule has 33 heavy (non-hydrogen) atoms. The Bertz CT molecular complexity index is 1200. The predicted octanol–water partition coefficient (Wildman–Crippen LogP) is -0.634. The summed E-state index contributed by atoms with van der Waals surface area (Å²) in [6.07, 6.45) is 2.13. The zero-order valence-corrected chi connectivity index (χ0v) is 21.6. The van der Waals surface area contributed by atoms with Crippen molar-refractivity contribution in [2.24, 2.45) is 12.8 Å². The number of methoxy groups -OCH3 is 2. The smallest absolute Gasteiger partial charge is 0.541 e. The molecule has 0 aliphatic rings. The fourth-order valence-electron chi connectivity index (χ4n) is 3.10. The molecule has 1 atom stereocenters. The monoisotopic (exact) mass is 479 g/mol. The number of carbonyl (C=O) groups is 1. The van der Waals surface area contributed by atoms with Gasteiger partial charge in [0.15, 0.2) is 11.5 Å². The Balaban J connectivity index is 0.00000385. The SMILES string of the molecule is COc1cc2nc(COc3ccc(CC([C-]=O)SC(N)=O)cc3)n(C)c(=O)c2cc1OC.[Na+]. The van der Waals surface area contributed by atoms with E-state index in [0.717, 1.165) is 17.3 Å².